The van der Waals surface area contributed by atoms with Gasteiger partial charge in [0.1, 0.15) is 0 Å². The summed E-state index contributed by atoms with van der Waals surface area (Å²) in [5.74, 6) is 0. The highest BCUT2D eigenvalue weighted by molar-refractivity contribution is 5.99. The first-order chi connectivity index (χ1) is 11.9. The van der Waals surface area contributed by atoms with Gasteiger partial charge in [0.2, 0.25) is 0 Å². The molecule has 0 radical (unpaired) electrons. The van der Waals surface area contributed by atoms with Gasteiger partial charge in [-0.15, -0.1) is 0 Å². The fourth-order valence-corrected chi connectivity index (χ4v) is 3.35. The van der Waals surface area contributed by atoms with E-state index < -0.39 is 17.7 Å². The van der Waals surface area contributed by atoms with E-state index in [9.17, 15) is 18.0 Å². The van der Waals surface area contributed by atoms with Crippen molar-refractivity contribution in [2.75, 3.05) is 5.32 Å². The Morgan fingerprint density at radius 3 is 2.08 bits per heavy atom. The van der Waals surface area contributed by atoms with Gasteiger partial charge in [-0.3, -0.25) is 0 Å². The average Bonchev–Trinajstić information content (AvgIpc) is 2.59. The normalized spacial score (nSPS) is 19.9. The van der Waals surface area contributed by atoms with Crippen LogP contribution in [0.15, 0.2) is 66.7 Å². The fraction of sp³-hybridized carbons (Fsp3) is 0.105. The molecule has 3 nitrogen and oxygen atoms in total. The molecule has 0 spiro atoms. The number of hydrogen-bond acceptors (Lipinski definition) is 1. The number of alkyl halides is 3. The van der Waals surface area contributed by atoms with E-state index in [4.69, 9.17) is 0 Å². The van der Waals surface area contributed by atoms with Gasteiger partial charge in [-0.05, 0) is 28.5 Å². The van der Waals surface area contributed by atoms with Crippen molar-refractivity contribution in [2.24, 2.45) is 0 Å². The molecule has 1 atom stereocenters. The highest BCUT2D eigenvalue weighted by Gasteiger charge is 2.60. The molecule has 0 aromatic heterocycles. The molecule has 1 aliphatic rings. The molecule has 0 saturated heterocycles. The number of carbonyl (C=O) groups is 1. The highest BCUT2D eigenvalue weighted by atomic mass is 19.4. The third-order valence-electron chi connectivity index (χ3n) is 4.47. The third-order valence-corrected chi connectivity index (χ3v) is 4.47. The zero-order valence-electron chi connectivity index (χ0n) is 12.9. The van der Waals surface area contributed by atoms with Crippen LogP contribution in [0.1, 0.15) is 11.1 Å². The number of urea groups is 1. The zero-order valence-corrected chi connectivity index (χ0v) is 12.9. The van der Waals surface area contributed by atoms with E-state index in [2.05, 4.69) is 10.6 Å². The molecule has 0 aliphatic carbocycles. The quantitative estimate of drug-likeness (QED) is 0.656. The van der Waals surface area contributed by atoms with Crippen molar-refractivity contribution in [3.8, 4) is 0 Å². The fourth-order valence-electron chi connectivity index (χ4n) is 3.35. The molecule has 2 N–H and O–H groups in total. The smallest absolute Gasteiger partial charge is 0.316 e. The van der Waals surface area contributed by atoms with E-state index in [1.54, 1.807) is 36.4 Å². The minimum Gasteiger partial charge on any atom is -0.316 e. The topological polar surface area (TPSA) is 41.1 Å². The summed E-state index contributed by atoms with van der Waals surface area (Å²) in [6.45, 7) is 0. The van der Waals surface area contributed by atoms with Crippen LogP contribution in [0.2, 0.25) is 0 Å². The molecule has 0 bridgehead atoms. The van der Waals surface area contributed by atoms with Crippen LogP contribution in [0.3, 0.4) is 0 Å². The van der Waals surface area contributed by atoms with Crippen LogP contribution in [-0.4, -0.2) is 12.2 Å². The van der Waals surface area contributed by atoms with Crippen LogP contribution < -0.4 is 10.6 Å². The molecule has 3 aromatic carbocycles. The number of rotatable bonds is 1. The van der Waals surface area contributed by atoms with Gasteiger partial charge >= 0.3 is 12.2 Å². The Morgan fingerprint density at radius 1 is 0.840 bits per heavy atom. The van der Waals surface area contributed by atoms with Crippen molar-refractivity contribution in [1.29, 1.82) is 0 Å². The summed E-state index contributed by atoms with van der Waals surface area (Å²) in [6, 6.07) is 16.7. The number of carbonyl (C=O) groups excluding carboxylic acids is 1. The molecule has 3 aromatic rings. The second-order valence-electron chi connectivity index (χ2n) is 5.94. The molecular weight excluding hydrogens is 329 g/mol. The summed E-state index contributed by atoms with van der Waals surface area (Å²) in [7, 11) is 0. The van der Waals surface area contributed by atoms with Crippen molar-refractivity contribution >= 4 is 22.5 Å². The van der Waals surface area contributed by atoms with Gasteiger partial charge in [0.15, 0.2) is 5.54 Å². The lowest BCUT2D eigenvalue weighted by Crippen LogP contribution is -2.60. The predicted octanol–water partition coefficient (Wildman–Crippen LogP) is 4.78. The van der Waals surface area contributed by atoms with E-state index in [0.717, 1.165) is 5.39 Å². The van der Waals surface area contributed by atoms with Gasteiger partial charge < -0.3 is 10.6 Å². The first-order valence-electron chi connectivity index (χ1n) is 7.66. The number of hydrogen-bond donors (Lipinski definition) is 2. The predicted molar refractivity (Wildman–Crippen MR) is 89.4 cm³/mol. The first-order valence-corrected chi connectivity index (χ1v) is 7.66. The van der Waals surface area contributed by atoms with Crippen molar-refractivity contribution in [1.82, 2.24) is 5.32 Å². The molecule has 1 aliphatic heterocycles. The largest absolute Gasteiger partial charge is 0.420 e. The summed E-state index contributed by atoms with van der Waals surface area (Å²) < 4.78 is 42.9. The zero-order chi connectivity index (χ0) is 17.7. The average molecular weight is 342 g/mol. The summed E-state index contributed by atoms with van der Waals surface area (Å²) in [6.07, 6.45) is -4.72. The summed E-state index contributed by atoms with van der Waals surface area (Å²) in [5.41, 5.74) is -2.50. The Balaban J connectivity index is 2.10. The van der Waals surface area contributed by atoms with Gasteiger partial charge in [-0.2, -0.15) is 13.2 Å². The number of halogens is 3. The Hall–Kier alpha value is -3.02. The van der Waals surface area contributed by atoms with Crippen molar-refractivity contribution in [3.63, 3.8) is 0 Å². The first kappa shape index (κ1) is 15.5. The van der Waals surface area contributed by atoms with Crippen LogP contribution in [-0.2, 0) is 5.54 Å². The lowest BCUT2D eigenvalue weighted by molar-refractivity contribution is -0.184. The standard InChI is InChI=1S/C19H13F3N2O/c20-19(21,22)18(14-8-2-1-3-9-14)15-10-12-6-4-5-7-13(12)11-16(15)23-17(25)24-18/h1-11H,(H2,23,24,25)/t18-/m1/s1. The van der Waals surface area contributed by atoms with Gasteiger partial charge in [0.05, 0.1) is 0 Å². The molecule has 4 rings (SSSR count). The van der Waals surface area contributed by atoms with Crippen molar-refractivity contribution < 1.29 is 18.0 Å². The molecule has 126 valence electrons. The van der Waals surface area contributed by atoms with Crippen LogP contribution in [0.5, 0.6) is 0 Å². The second kappa shape index (κ2) is 5.24. The monoisotopic (exact) mass is 342 g/mol. The number of amides is 2. The van der Waals surface area contributed by atoms with Crippen molar-refractivity contribution in [2.45, 2.75) is 11.7 Å². The number of benzene rings is 3. The van der Waals surface area contributed by atoms with E-state index in [0.29, 0.717) is 5.39 Å². The molecule has 2 amide bonds. The Bertz CT molecular complexity index is 969. The maximum Gasteiger partial charge on any atom is 0.420 e. The Labute approximate surface area is 141 Å². The molecule has 6 heteroatoms. The summed E-state index contributed by atoms with van der Waals surface area (Å²) in [5, 5.41) is 6.06. The number of anilines is 1. The molecule has 0 unspecified atom stereocenters. The van der Waals surface area contributed by atoms with Crippen LogP contribution >= 0.6 is 0 Å². The van der Waals surface area contributed by atoms with Crippen LogP contribution in [0.4, 0.5) is 23.7 Å². The summed E-state index contributed by atoms with van der Waals surface area (Å²) >= 11 is 0. The van der Waals surface area contributed by atoms with Gasteiger partial charge in [-0.25, -0.2) is 4.79 Å². The highest BCUT2D eigenvalue weighted by Crippen LogP contribution is 2.49. The maximum atomic E-state index is 14.3. The lowest BCUT2D eigenvalue weighted by Gasteiger charge is -2.41. The Kier molecular flexibility index (Phi) is 3.25. The van der Waals surface area contributed by atoms with E-state index >= 15 is 0 Å². The van der Waals surface area contributed by atoms with Gasteiger partial charge in [-0.1, -0.05) is 54.6 Å². The van der Waals surface area contributed by atoms with E-state index in [1.807, 2.05) is 0 Å². The van der Waals surface area contributed by atoms with Gasteiger partial charge in [0.25, 0.3) is 0 Å². The number of nitrogens with one attached hydrogen (secondary N) is 2. The van der Waals surface area contributed by atoms with Crippen LogP contribution in [0.25, 0.3) is 10.8 Å². The van der Waals surface area contributed by atoms with Gasteiger partial charge in [0, 0.05) is 11.3 Å². The van der Waals surface area contributed by atoms with E-state index in [-0.39, 0.29) is 16.8 Å². The molecule has 0 fully saturated rings. The lowest BCUT2D eigenvalue weighted by atomic mass is 9.79. The molecule has 0 saturated carbocycles. The molecule has 25 heavy (non-hydrogen) atoms. The van der Waals surface area contributed by atoms with E-state index in [1.165, 1.54) is 30.3 Å². The van der Waals surface area contributed by atoms with Crippen molar-refractivity contribution in [3.05, 3.63) is 77.9 Å². The second-order valence-corrected chi connectivity index (χ2v) is 5.94. The Morgan fingerprint density at radius 2 is 1.44 bits per heavy atom. The van der Waals surface area contributed by atoms with Crippen LogP contribution in [0, 0.1) is 0 Å². The SMILES string of the molecule is O=C1Nc2cc3ccccc3cc2[C@](c2ccccc2)(C(F)(F)F)N1. The summed E-state index contributed by atoms with van der Waals surface area (Å²) in [4.78, 5) is 12.1. The minimum atomic E-state index is -4.72. The third kappa shape index (κ3) is 2.25. The maximum absolute atomic E-state index is 14.3. The minimum absolute atomic E-state index is 0.0236. The molecular formula is C19H13F3N2O. The number of fused-ring (bicyclic) bond motifs is 2. The molecule has 1 heterocycles.